The Morgan fingerprint density at radius 3 is 2.92 bits per heavy atom. The van der Waals surface area contributed by atoms with Crippen LogP contribution >= 0.6 is 0 Å². The fourth-order valence-corrected chi connectivity index (χ4v) is 0.862. The van der Waals surface area contributed by atoms with Crippen LogP contribution in [-0.4, -0.2) is 30.0 Å². The average Bonchev–Trinajstić information content (AvgIpc) is 2.33. The van der Waals surface area contributed by atoms with Gasteiger partial charge in [0.2, 0.25) is 0 Å². The number of esters is 1. The van der Waals surface area contributed by atoms with Gasteiger partial charge >= 0.3 is 5.97 Å². The predicted octanol–water partition coefficient (Wildman–Crippen LogP) is -1.14. The van der Waals surface area contributed by atoms with Crippen molar-refractivity contribution >= 4 is 19.5 Å². The number of imidazole rings is 1. The maximum atomic E-state index is 11.1. The largest absolute Gasteiger partial charge is 0.461 e. The topological polar surface area (TPSA) is 44.1 Å². The van der Waals surface area contributed by atoms with E-state index in [2.05, 4.69) is 4.98 Å². The van der Waals surface area contributed by atoms with E-state index in [9.17, 15) is 4.79 Å². The summed E-state index contributed by atoms with van der Waals surface area (Å²) in [7, 11) is 3.67. The van der Waals surface area contributed by atoms with Gasteiger partial charge in [0.1, 0.15) is 0 Å². The van der Waals surface area contributed by atoms with E-state index in [1.807, 2.05) is 14.9 Å². The molecule has 5 heteroatoms. The Kier molecular flexibility index (Phi) is 2.52. The monoisotopic (exact) mass is 166 g/mol. The van der Waals surface area contributed by atoms with Crippen LogP contribution in [0.1, 0.15) is 17.4 Å². The predicted molar refractivity (Wildman–Crippen MR) is 47.3 cm³/mol. The van der Waals surface area contributed by atoms with Crippen LogP contribution in [0.3, 0.4) is 0 Å². The van der Waals surface area contributed by atoms with Crippen LogP contribution in [0, 0.1) is 0 Å². The third-order valence-corrected chi connectivity index (χ3v) is 1.59. The molecule has 0 radical (unpaired) electrons. The second-order valence-corrected chi connectivity index (χ2v) is 2.50. The number of carbonyl (C=O) groups excluding carboxylic acids is 1. The number of hydrogen-bond acceptors (Lipinski definition) is 3. The Labute approximate surface area is 72.0 Å². The molecule has 0 bridgehead atoms. The highest BCUT2D eigenvalue weighted by Gasteiger charge is 2.10. The molecule has 0 N–H and O–H groups in total. The van der Waals surface area contributed by atoms with Gasteiger partial charge in [0.15, 0.2) is 13.5 Å². The van der Waals surface area contributed by atoms with Gasteiger partial charge in [-0.15, -0.1) is 0 Å². The number of nitrogens with zero attached hydrogens (tertiary/aromatic N) is 2. The van der Waals surface area contributed by atoms with Gasteiger partial charge in [0.25, 0.3) is 0 Å². The summed E-state index contributed by atoms with van der Waals surface area (Å²) in [5, 5.41) is 0. The van der Waals surface area contributed by atoms with E-state index in [1.54, 1.807) is 17.7 Å². The van der Waals surface area contributed by atoms with Gasteiger partial charge in [-0.25, -0.2) is 9.78 Å². The number of hydrogen-bond donors (Lipinski definition) is 0. The Morgan fingerprint density at radius 2 is 2.50 bits per heavy atom. The molecule has 1 aromatic heterocycles. The molecule has 0 saturated carbocycles. The summed E-state index contributed by atoms with van der Waals surface area (Å²) in [6.07, 6.45) is 1.66. The summed E-state index contributed by atoms with van der Waals surface area (Å²) in [4.78, 5) is 15.1. The zero-order valence-corrected chi connectivity index (χ0v) is 7.50. The maximum Gasteiger partial charge on any atom is 0.358 e. The lowest BCUT2D eigenvalue weighted by atomic mass is 10.1. The summed E-state index contributed by atoms with van der Waals surface area (Å²) >= 11 is 0. The molecule has 1 rings (SSSR count). The van der Waals surface area contributed by atoms with Gasteiger partial charge in [-0.3, -0.25) is 0 Å². The molecule has 0 aliphatic carbocycles. The third kappa shape index (κ3) is 1.67. The lowest BCUT2D eigenvalue weighted by molar-refractivity contribution is 0.0520. The van der Waals surface area contributed by atoms with Crippen molar-refractivity contribution in [3.8, 4) is 0 Å². The first-order valence-corrected chi connectivity index (χ1v) is 3.82. The maximum absolute atomic E-state index is 11.1. The second-order valence-electron chi connectivity index (χ2n) is 2.50. The van der Waals surface area contributed by atoms with Crippen LogP contribution in [0.4, 0.5) is 0 Å². The molecule has 1 aromatic rings. The van der Waals surface area contributed by atoms with Crippen LogP contribution in [0.15, 0.2) is 6.20 Å². The number of aryl methyl sites for hydroxylation is 1. The Morgan fingerprint density at radius 1 is 1.83 bits per heavy atom. The van der Waals surface area contributed by atoms with Crippen molar-refractivity contribution in [3.63, 3.8) is 0 Å². The van der Waals surface area contributed by atoms with E-state index >= 15 is 0 Å². The fraction of sp³-hybridized carbons (Fsp3) is 0.429. The smallest absolute Gasteiger partial charge is 0.358 e. The van der Waals surface area contributed by atoms with Gasteiger partial charge in [-0.1, -0.05) is 0 Å². The van der Waals surface area contributed by atoms with Crippen molar-refractivity contribution in [2.75, 3.05) is 6.61 Å². The minimum atomic E-state index is -0.360. The molecule has 12 heavy (non-hydrogen) atoms. The van der Waals surface area contributed by atoms with Crippen LogP contribution < -0.4 is 5.72 Å². The standard InChI is InChI=1S/C7H11BN2O2/c1-3-12-6(11)5-4-10(2)7(8)9-5/h4H,3,8H2,1-2H3. The van der Waals surface area contributed by atoms with Crippen LogP contribution in [-0.2, 0) is 11.8 Å². The average molecular weight is 166 g/mol. The molecule has 0 amide bonds. The van der Waals surface area contributed by atoms with Crippen LogP contribution in [0.2, 0.25) is 0 Å². The summed E-state index contributed by atoms with van der Waals surface area (Å²) < 4.78 is 6.57. The van der Waals surface area contributed by atoms with Crippen molar-refractivity contribution in [3.05, 3.63) is 11.9 Å². The molecule has 0 aliphatic rings. The highest BCUT2D eigenvalue weighted by atomic mass is 16.5. The molecular formula is C7H11BN2O2. The van der Waals surface area contributed by atoms with Gasteiger partial charge in [0.05, 0.1) is 12.3 Å². The van der Waals surface area contributed by atoms with Crippen molar-refractivity contribution in [2.45, 2.75) is 6.92 Å². The molecule has 0 fully saturated rings. The molecule has 0 atom stereocenters. The van der Waals surface area contributed by atoms with E-state index in [4.69, 9.17) is 4.74 Å². The van der Waals surface area contributed by atoms with Gasteiger partial charge < -0.3 is 9.30 Å². The van der Waals surface area contributed by atoms with Crippen LogP contribution in [0.5, 0.6) is 0 Å². The summed E-state index contributed by atoms with van der Waals surface area (Å²) in [5.74, 6) is -0.360. The molecule has 0 saturated heterocycles. The summed E-state index contributed by atoms with van der Waals surface area (Å²) in [5.41, 5.74) is 1.18. The number of aromatic nitrogens is 2. The molecule has 64 valence electrons. The fourth-order valence-electron chi connectivity index (χ4n) is 0.862. The number of rotatable bonds is 2. The van der Waals surface area contributed by atoms with Crippen LogP contribution in [0.25, 0.3) is 0 Å². The Balaban J connectivity index is 2.82. The molecule has 0 aromatic carbocycles. The first-order valence-electron chi connectivity index (χ1n) is 3.82. The minimum Gasteiger partial charge on any atom is -0.461 e. The van der Waals surface area contributed by atoms with Crippen molar-refractivity contribution in [1.29, 1.82) is 0 Å². The van der Waals surface area contributed by atoms with Gasteiger partial charge in [-0.2, -0.15) is 0 Å². The molecule has 0 spiro atoms. The van der Waals surface area contributed by atoms with Gasteiger partial charge in [0, 0.05) is 13.2 Å². The van der Waals surface area contributed by atoms with E-state index in [0.29, 0.717) is 12.3 Å². The molecule has 0 unspecified atom stereocenters. The Bertz CT molecular complexity index is 276. The van der Waals surface area contributed by atoms with E-state index in [1.165, 1.54) is 0 Å². The minimum absolute atomic E-state index is 0.360. The van der Waals surface area contributed by atoms with E-state index < -0.39 is 0 Å². The SMILES string of the molecule is Bc1nc(C(=O)OCC)cn1C. The highest BCUT2D eigenvalue weighted by molar-refractivity contribution is 6.29. The normalized spacial score (nSPS) is 9.83. The first kappa shape index (κ1) is 8.84. The summed E-state index contributed by atoms with van der Waals surface area (Å²) in [6, 6.07) is 0. The lowest BCUT2D eigenvalue weighted by Crippen LogP contribution is -2.15. The zero-order valence-electron chi connectivity index (χ0n) is 7.50. The van der Waals surface area contributed by atoms with E-state index in [0.717, 1.165) is 5.72 Å². The first-order chi connectivity index (χ1) is 5.65. The third-order valence-electron chi connectivity index (χ3n) is 1.59. The van der Waals surface area contributed by atoms with Crippen molar-refractivity contribution in [2.24, 2.45) is 7.05 Å². The number of carbonyl (C=O) groups is 1. The van der Waals surface area contributed by atoms with Crippen molar-refractivity contribution in [1.82, 2.24) is 9.55 Å². The second kappa shape index (κ2) is 3.43. The summed E-state index contributed by atoms with van der Waals surface area (Å²) in [6.45, 7) is 2.15. The van der Waals surface area contributed by atoms with E-state index in [-0.39, 0.29) is 5.97 Å². The zero-order chi connectivity index (χ0) is 9.14. The lowest BCUT2D eigenvalue weighted by Gasteiger charge is -1.95. The van der Waals surface area contributed by atoms with Crippen molar-refractivity contribution < 1.29 is 9.53 Å². The highest BCUT2D eigenvalue weighted by Crippen LogP contribution is 1.94. The van der Waals surface area contributed by atoms with Gasteiger partial charge in [-0.05, 0) is 6.92 Å². The number of ether oxygens (including phenoxy) is 1. The quantitative estimate of drug-likeness (QED) is 0.411. The Hall–Kier alpha value is -1.26. The molecule has 0 aliphatic heterocycles. The molecular weight excluding hydrogens is 155 g/mol. The molecule has 1 heterocycles. The molecule has 4 nitrogen and oxygen atoms in total.